The molecule has 0 N–H and O–H groups in total. The first-order valence-electron chi connectivity index (χ1n) is 9.45. The Morgan fingerprint density at radius 1 is 1.14 bits per heavy atom. The quantitative estimate of drug-likeness (QED) is 0.313. The van der Waals surface area contributed by atoms with Crippen LogP contribution in [0.4, 0.5) is 0 Å². The van der Waals surface area contributed by atoms with E-state index in [2.05, 4.69) is 4.98 Å². The highest BCUT2D eigenvalue weighted by atomic mass is 32.2. The van der Waals surface area contributed by atoms with E-state index in [1.807, 2.05) is 39.0 Å². The monoisotopic (exact) mass is 396 g/mol. The topological polar surface area (TPSA) is 61.2 Å². The maximum Gasteiger partial charge on any atom is 0.262 e. The maximum atomic E-state index is 13.0. The van der Waals surface area contributed by atoms with Gasteiger partial charge in [0.2, 0.25) is 0 Å². The Hall–Kier alpha value is -2.60. The van der Waals surface area contributed by atoms with Crippen LogP contribution >= 0.6 is 11.8 Å². The SMILES string of the molecule is CCOc1ccc(C(=O)CSc2nc3ccccc3c(=O)n2[C@@H](C)CC)cc1. The molecule has 0 aliphatic heterocycles. The first-order chi connectivity index (χ1) is 13.5. The van der Waals surface area contributed by atoms with Crippen LogP contribution in [0.5, 0.6) is 5.75 Å². The second-order valence-electron chi connectivity index (χ2n) is 6.51. The second-order valence-corrected chi connectivity index (χ2v) is 7.46. The normalized spacial score (nSPS) is 12.1. The van der Waals surface area contributed by atoms with Gasteiger partial charge < -0.3 is 4.74 Å². The van der Waals surface area contributed by atoms with E-state index in [1.165, 1.54) is 11.8 Å². The summed E-state index contributed by atoms with van der Waals surface area (Å²) in [5, 5.41) is 1.18. The van der Waals surface area contributed by atoms with Crippen LogP contribution in [-0.2, 0) is 0 Å². The maximum absolute atomic E-state index is 13.0. The summed E-state index contributed by atoms with van der Waals surface area (Å²) in [4.78, 5) is 30.2. The van der Waals surface area contributed by atoms with Crippen LogP contribution < -0.4 is 10.3 Å². The predicted molar refractivity (Wildman–Crippen MR) is 114 cm³/mol. The Morgan fingerprint density at radius 3 is 2.54 bits per heavy atom. The third kappa shape index (κ3) is 4.28. The molecule has 3 aromatic rings. The summed E-state index contributed by atoms with van der Waals surface area (Å²) in [7, 11) is 0. The molecule has 0 fully saturated rings. The zero-order chi connectivity index (χ0) is 20.1. The molecule has 2 aromatic carbocycles. The Bertz CT molecular complexity index is 1030. The van der Waals surface area contributed by atoms with Gasteiger partial charge in [-0.25, -0.2) is 4.98 Å². The van der Waals surface area contributed by atoms with Crippen molar-refractivity contribution in [2.45, 2.75) is 38.4 Å². The average molecular weight is 397 g/mol. The molecule has 0 aliphatic rings. The van der Waals surface area contributed by atoms with Gasteiger partial charge in [-0.2, -0.15) is 0 Å². The molecule has 1 aromatic heterocycles. The van der Waals surface area contributed by atoms with Crippen LogP contribution in [0.2, 0.25) is 0 Å². The van der Waals surface area contributed by atoms with Crippen molar-refractivity contribution >= 4 is 28.4 Å². The Kier molecular flexibility index (Phi) is 6.52. The molecule has 0 radical (unpaired) electrons. The summed E-state index contributed by atoms with van der Waals surface area (Å²) < 4.78 is 7.12. The molecule has 0 saturated carbocycles. The van der Waals surface area contributed by atoms with E-state index in [4.69, 9.17) is 4.74 Å². The minimum absolute atomic E-state index is 0.00712. The molecular weight excluding hydrogens is 372 g/mol. The summed E-state index contributed by atoms with van der Waals surface area (Å²) >= 11 is 1.31. The molecule has 1 heterocycles. The molecule has 0 spiro atoms. The number of Topliss-reactive ketones (excluding diaryl/α,β-unsaturated/α-hetero) is 1. The number of thioether (sulfide) groups is 1. The van der Waals surface area contributed by atoms with Crippen molar-refractivity contribution in [3.8, 4) is 5.75 Å². The van der Waals surface area contributed by atoms with Crippen molar-refractivity contribution in [1.29, 1.82) is 0 Å². The average Bonchev–Trinajstić information content (AvgIpc) is 2.72. The number of fused-ring (bicyclic) bond motifs is 1. The minimum atomic E-state index is -0.0593. The third-order valence-electron chi connectivity index (χ3n) is 4.63. The van der Waals surface area contributed by atoms with Gasteiger partial charge in [0.15, 0.2) is 10.9 Å². The number of nitrogens with zero attached hydrogens (tertiary/aromatic N) is 2. The fourth-order valence-electron chi connectivity index (χ4n) is 2.92. The number of hydrogen-bond acceptors (Lipinski definition) is 5. The summed E-state index contributed by atoms with van der Waals surface area (Å²) in [6.45, 7) is 6.54. The van der Waals surface area contributed by atoms with Gasteiger partial charge in [0.25, 0.3) is 5.56 Å². The van der Waals surface area contributed by atoms with E-state index in [1.54, 1.807) is 34.9 Å². The van der Waals surface area contributed by atoms with Crippen molar-refractivity contribution in [2.24, 2.45) is 0 Å². The molecule has 0 unspecified atom stereocenters. The number of para-hydroxylation sites is 1. The molecule has 0 amide bonds. The Balaban J connectivity index is 1.86. The van der Waals surface area contributed by atoms with Crippen LogP contribution in [-0.4, -0.2) is 27.7 Å². The summed E-state index contributed by atoms with van der Waals surface area (Å²) in [5.41, 5.74) is 1.22. The molecule has 6 heteroatoms. The lowest BCUT2D eigenvalue weighted by Crippen LogP contribution is -2.26. The van der Waals surface area contributed by atoms with E-state index < -0.39 is 0 Å². The molecule has 5 nitrogen and oxygen atoms in total. The molecule has 0 aliphatic carbocycles. The number of hydrogen-bond donors (Lipinski definition) is 0. The number of ketones is 1. The molecule has 1 atom stereocenters. The zero-order valence-electron chi connectivity index (χ0n) is 16.3. The standard InChI is InChI=1S/C22H24N2O3S/c1-4-15(3)24-21(26)18-8-6-7-9-19(18)23-22(24)28-14-20(25)16-10-12-17(13-11-16)27-5-2/h6-13,15H,4-5,14H2,1-3H3/t15-/m0/s1. The summed E-state index contributed by atoms with van der Waals surface area (Å²) in [6, 6.07) is 14.5. The highest BCUT2D eigenvalue weighted by Gasteiger charge is 2.17. The van der Waals surface area contributed by atoms with Crippen molar-refractivity contribution in [3.63, 3.8) is 0 Å². The molecule has 0 bridgehead atoms. The van der Waals surface area contributed by atoms with Gasteiger partial charge in [-0.05, 0) is 56.7 Å². The first kappa shape index (κ1) is 20.1. The highest BCUT2D eigenvalue weighted by molar-refractivity contribution is 7.99. The van der Waals surface area contributed by atoms with Crippen molar-refractivity contribution in [1.82, 2.24) is 9.55 Å². The largest absolute Gasteiger partial charge is 0.494 e. The molecule has 146 valence electrons. The molecule has 28 heavy (non-hydrogen) atoms. The van der Waals surface area contributed by atoms with E-state index in [0.717, 1.165) is 12.2 Å². The molecule has 0 saturated heterocycles. The fraction of sp³-hybridized carbons (Fsp3) is 0.318. The third-order valence-corrected chi connectivity index (χ3v) is 5.58. The number of aromatic nitrogens is 2. The van der Waals surface area contributed by atoms with Crippen molar-refractivity contribution < 1.29 is 9.53 Å². The Morgan fingerprint density at radius 2 is 1.86 bits per heavy atom. The summed E-state index contributed by atoms with van der Waals surface area (Å²) in [6.07, 6.45) is 0.806. The van der Waals surface area contributed by atoms with Crippen LogP contribution in [0.3, 0.4) is 0 Å². The first-order valence-corrected chi connectivity index (χ1v) is 10.4. The number of ether oxygens (including phenoxy) is 1. The van der Waals surface area contributed by atoms with Crippen LogP contribution in [0.1, 0.15) is 43.6 Å². The number of benzene rings is 2. The van der Waals surface area contributed by atoms with E-state index >= 15 is 0 Å². The van der Waals surface area contributed by atoms with Gasteiger partial charge in [-0.3, -0.25) is 14.2 Å². The van der Waals surface area contributed by atoms with E-state index in [-0.39, 0.29) is 23.1 Å². The van der Waals surface area contributed by atoms with Gasteiger partial charge >= 0.3 is 0 Å². The van der Waals surface area contributed by atoms with Gasteiger partial charge in [-0.1, -0.05) is 30.8 Å². The molecular formula is C22H24N2O3S. The van der Waals surface area contributed by atoms with Gasteiger partial charge in [-0.15, -0.1) is 0 Å². The smallest absolute Gasteiger partial charge is 0.262 e. The summed E-state index contributed by atoms with van der Waals surface area (Å²) in [5.74, 6) is 0.953. The van der Waals surface area contributed by atoms with Crippen LogP contribution in [0.25, 0.3) is 10.9 Å². The highest BCUT2D eigenvalue weighted by Crippen LogP contribution is 2.23. The number of carbonyl (C=O) groups excluding carboxylic acids is 1. The fourth-order valence-corrected chi connectivity index (χ4v) is 3.91. The lowest BCUT2D eigenvalue weighted by atomic mass is 10.1. The van der Waals surface area contributed by atoms with Crippen LogP contribution in [0, 0.1) is 0 Å². The van der Waals surface area contributed by atoms with Crippen molar-refractivity contribution in [2.75, 3.05) is 12.4 Å². The minimum Gasteiger partial charge on any atom is -0.494 e. The Labute approximate surface area is 168 Å². The second kappa shape index (κ2) is 9.06. The molecule has 3 rings (SSSR count). The lowest BCUT2D eigenvalue weighted by molar-refractivity contribution is 0.102. The van der Waals surface area contributed by atoms with Crippen molar-refractivity contribution in [3.05, 3.63) is 64.4 Å². The van der Waals surface area contributed by atoms with Gasteiger partial charge in [0.05, 0.1) is 23.3 Å². The number of rotatable bonds is 8. The van der Waals surface area contributed by atoms with Crippen LogP contribution in [0.15, 0.2) is 58.5 Å². The van der Waals surface area contributed by atoms with E-state index in [0.29, 0.717) is 28.2 Å². The number of carbonyl (C=O) groups is 1. The van der Waals surface area contributed by atoms with E-state index in [9.17, 15) is 9.59 Å². The predicted octanol–water partition coefficient (Wildman–Crippen LogP) is 4.74. The van der Waals surface area contributed by atoms with Gasteiger partial charge in [0, 0.05) is 11.6 Å². The van der Waals surface area contributed by atoms with Gasteiger partial charge in [0.1, 0.15) is 5.75 Å². The zero-order valence-corrected chi connectivity index (χ0v) is 17.2. The lowest BCUT2D eigenvalue weighted by Gasteiger charge is -2.18.